The van der Waals surface area contributed by atoms with E-state index in [0.29, 0.717) is 22.0 Å². The Balaban J connectivity index is 1.90. The fourth-order valence-corrected chi connectivity index (χ4v) is 4.60. The molecule has 120 valence electrons. The second-order valence-electron chi connectivity index (χ2n) is 6.19. The van der Waals surface area contributed by atoms with Crippen LogP contribution in [0.4, 0.5) is 5.69 Å². The largest absolute Gasteiger partial charge is 0.381 e. The summed E-state index contributed by atoms with van der Waals surface area (Å²) in [5.41, 5.74) is 4.49. The van der Waals surface area contributed by atoms with Crippen molar-refractivity contribution < 1.29 is 0 Å². The van der Waals surface area contributed by atoms with E-state index in [0.717, 1.165) is 42.1 Å². The molecule has 2 heterocycles. The highest BCUT2D eigenvalue weighted by Gasteiger charge is 2.36. The van der Waals surface area contributed by atoms with Crippen LogP contribution in [0.15, 0.2) is 30.3 Å². The Morgan fingerprint density at radius 1 is 0.913 bits per heavy atom. The molecule has 2 aromatic rings. The fraction of sp³-hybridized carbons (Fsp3) is 0.333. The zero-order valence-corrected chi connectivity index (χ0v) is 14.8. The van der Waals surface area contributed by atoms with Crippen LogP contribution in [-0.2, 0) is 0 Å². The minimum absolute atomic E-state index is 0.459. The highest BCUT2D eigenvalue weighted by molar-refractivity contribution is 6.38. The summed E-state index contributed by atoms with van der Waals surface area (Å²) >= 11 is 19.1. The van der Waals surface area contributed by atoms with Crippen LogP contribution in [0.5, 0.6) is 0 Å². The van der Waals surface area contributed by atoms with Crippen molar-refractivity contribution >= 4 is 40.5 Å². The van der Waals surface area contributed by atoms with Crippen molar-refractivity contribution in [2.45, 2.75) is 24.8 Å². The molecule has 23 heavy (non-hydrogen) atoms. The van der Waals surface area contributed by atoms with E-state index in [1.165, 1.54) is 11.3 Å². The van der Waals surface area contributed by atoms with E-state index in [-0.39, 0.29) is 0 Å². The number of benzene rings is 2. The Kier molecular flexibility index (Phi) is 4.19. The lowest BCUT2D eigenvalue weighted by atomic mass is 9.86. The van der Waals surface area contributed by atoms with E-state index in [4.69, 9.17) is 34.8 Å². The molecule has 1 fully saturated rings. The van der Waals surface area contributed by atoms with E-state index in [1.54, 1.807) is 6.07 Å². The monoisotopic (exact) mass is 366 g/mol. The number of halogens is 3. The molecule has 5 heteroatoms. The van der Waals surface area contributed by atoms with Crippen molar-refractivity contribution in [2.75, 3.05) is 18.4 Å². The van der Waals surface area contributed by atoms with Crippen LogP contribution in [-0.4, -0.2) is 19.1 Å². The Hall–Kier alpha value is -0.930. The standard InChI is InChI=1S/C18H17Cl3N2/c19-10-1-2-11(14(21)9-10)17-13(20)3-4-16-18(17)12-5-7-22-8-6-15(12)23-16/h1-4,9,12,15,22-23H,5-8H2. The SMILES string of the molecule is Clc1ccc(-c2c(Cl)ccc3c2C2CCNCCC2N3)c(Cl)c1. The van der Waals surface area contributed by atoms with E-state index >= 15 is 0 Å². The van der Waals surface area contributed by atoms with Crippen molar-refractivity contribution in [2.24, 2.45) is 0 Å². The summed E-state index contributed by atoms with van der Waals surface area (Å²) in [6, 6.07) is 10.1. The first kappa shape index (κ1) is 15.6. The minimum atomic E-state index is 0.459. The van der Waals surface area contributed by atoms with Gasteiger partial charge in [-0.2, -0.15) is 0 Å². The number of hydrogen-bond acceptors (Lipinski definition) is 2. The molecule has 0 aromatic heterocycles. The molecule has 1 saturated heterocycles. The molecule has 4 rings (SSSR count). The van der Waals surface area contributed by atoms with Gasteiger partial charge in [0.05, 0.1) is 0 Å². The molecule has 2 atom stereocenters. The lowest BCUT2D eigenvalue weighted by Crippen LogP contribution is -2.21. The second-order valence-corrected chi connectivity index (χ2v) is 7.44. The summed E-state index contributed by atoms with van der Waals surface area (Å²) in [5.74, 6) is 0.459. The van der Waals surface area contributed by atoms with Gasteiger partial charge in [0, 0.05) is 43.8 Å². The number of fused-ring (bicyclic) bond motifs is 3. The number of nitrogens with one attached hydrogen (secondary N) is 2. The molecule has 2 aliphatic heterocycles. The van der Waals surface area contributed by atoms with E-state index in [9.17, 15) is 0 Å². The lowest BCUT2D eigenvalue weighted by Gasteiger charge is -2.19. The van der Waals surface area contributed by atoms with Crippen molar-refractivity contribution in [1.29, 1.82) is 0 Å². The predicted molar refractivity (Wildman–Crippen MR) is 99.2 cm³/mol. The van der Waals surface area contributed by atoms with Crippen LogP contribution in [0, 0.1) is 0 Å². The van der Waals surface area contributed by atoms with Crippen molar-refractivity contribution in [1.82, 2.24) is 5.32 Å². The minimum Gasteiger partial charge on any atom is -0.381 e. The van der Waals surface area contributed by atoms with Gasteiger partial charge in [0.25, 0.3) is 0 Å². The molecule has 0 bridgehead atoms. The Labute approximate surface area is 151 Å². The van der Waals surface area contributed by atoms with Crippen molar-refractivity contribution in [3.63, 3.8) is 0 Å². The van der Waals surface area contributed by atoms with Crippen LogP contribution < -0.4 is 10.6 Å². The number of anilines is 1. The van der Waals surface area contributed by atoms with Crippen LogP contribution in [0.1, 0.15) is 24.3 Å². The van der Waals surface area contributed by atoms with E-state index < -0.39 is 0 Å². The smallest absolute Gasteiger partial charge is 0.0499 e. The maximum Gasteiger partial charge on any atom is 0.0499 e. The maximum atomic E-state index is 6.59. The predicted octanol–water partition coefficient (Wildman–Crippen LogP) is 5.57. The average Bonchev–Trinajstić information content (AvgIpc) is 2.71. The first-order valence-corrected chi connectivity index (χ1v) is 9.03. The van der Waals surface area contributed by atoms with Crippen LogP contribution in [0.3, 0.4) is 0 Å². The molecule has 2 aromatic carbocycles. The fourth-order valence-electron chi connectivity index (χ4n) is 3.83. The molecule has 0 aliphatic carbocycles. The molecule has 0 saturated carbocycles. The van der Waals surface area contributed by atoms with Crippen molar-refractivity contribution in [3.8, 4) is 11.1 Å². The second kappa shape index (κ2) is 6.18. The summed E-state index contributed by atoms with van der Waals surface area (Å²) in [5, 5.41) is 9.18. The van der Waals surface area contributed by atoms with Gasteiger partial charge in [-0.05, 0) is 55.8 Å². The number of hydrogen-bond donors (Lipinski definition) is 2. The summed E-state index contributed by atoms with van der Waals surface area (Å²) in [7, 11) is 0. The van der Waals surface area contributed by atoms with Crippen LogP contribution in [0.2, 0.25) is 15.1 Å². The van der Waals surface area contributed by atoms with Gasteiger partial charge >= 0.3 is 0 Å². The van der Waals surface area contributed by atoms with Gasteiger partial charge in [-0.1, -0.05) is 40.9 Å². The summed E-state index contributed by atoms with van der Waals surface area (Å²) in [6.45, 7) is 2.08. The summed E-state index contributed by atoms with van der Waals surface area (Å²) in [6.07, 6.45) is 2.22. The third-order valence-corrected chi connectivity index (χ3v) is 5.72. The van der Waals surface area contributed by atoms with Gasteiger partial charge in [0.2, 0.25) is 0 Å². The van der Waals surface area contributed by atoms with E-state index in [1.807, 2.05) is 18.2 Å². The highest BCUT2D eigenvalue weighted by Crippen LogP contribution is 2.49. The molecular weight excluding hydrogens is 351 g/mol. The van der Waals surface area contributed by atoms with Gasteiger partial charge in [-0.25, -0.2) is 0 Å². The molecule has 2 nitrogen and oxygen atoms in total. The molecule has 0 radical (unpaired) electrons. The van der Waals surface area contributed by atoms with Gasteiger partial charge in [-0.3, -0.25) is 0 Å². The zero-order chi connectivity index (χ0) is 16.0. The average molecular weight is 368 g/mol. The Bertz CT molecular complexity index is 760. The first-order valence-electron chi connectivity index (χ1n) is 7.90. The molecule has 0 amide bonds. The molecule has 2 N–H and O–H groups in total. The maximum absolute atomic E-state index is 6.59. The highest BCUT2D eigenvalue weighted by atomic mass is 35.5. The zero-order valence-electron chi connectivity index (χ0n) is 12.5. The summed E-state index contributed by atoms with van der Waals surface area (Å²) < 4.78 is 0. The van der Waals surface area contributed by atoms with Crippen molar-refractivity contribution in [3.05, 3.63) is 51.0 Å². The van der Waals surface area contributed by atoms with E-state index in [2.05, 4.69) is 16.7 Å². The van der Waals surface area contributed by atoms with Gasteiger partial charge in [-0.15, -0.1) is 0 Å². The Morgan fingerprint density at radius 2 is 1.74 bits per heavy atom. The van der Waals surface area contributed by atoms with Crippen LogP contribution >= 0.6 is 34.8 Å². The molecule has 2 unspecified atom stereocenters. The van der Waals surface area contributed by atoms with Gasteiger partial charge in [0.1, 0.15) is 0 Å². The Morgan fingerprint density at radius 3 is 2.57 bits per heavy atom. The van der Waals surface area contributed by atoms with Crippen LogP contribution in [0.25, 0.3) is 11.1 Å². The first-order chi connectivity index (χ1) is 11.1. The van der Waals surface area contributed by atoms with Gasteiger partial charge in [0.15, 0.2) is 0 Å². The molecular formula is C18H17Cl3N2. The molecule has 0 spiro atoms. The quantitative estimate of drug-likeness (QED) is 0.688. The molecule has 2 aliphatic rings. The summed E-state index contributed by atoms with van der Waals surface area (Å²) in [4.78, 5) is 0. The number of rotatable bonds is 1. The third kappa shape index (κ3) is 2.72. The topological polar surface area (TPSA) is 24.1 Å². The lowest BCUT2D eigenvalue weighted by molar-refractivity contribution is 0.579. The van der Waals surface area contributed by atoms with Gasteiger partial charge < -0.3 is 10.6 Å². The normalized spacial score (nSPS) is 22.9. The third-order valence-electron chi connectivity index (χ3n) is 4.86.